The van der Waals surface area contributed by atoms with E-state index in [1.165, 1.54) is 7.22 Å². The molecule has 0 fully saturated rings. The third kappa shape index (κ3) is 4.55. The van der Waals surface area contributed by atoms with Gasteiger partial charge in [0.25, 0.3) is 0 Å². The van der Waals surface area contributed by atoms with Crippen LogP contribution < -0.4 is 7.22 Å². The van der Waals surface area contributed by atoms with Crippen molar-refractivity contribution in [3.05, 3.63) is 60.7 Å². The van der Waals surface area contributed by atoms with E-state index in [0.29, 0.717) is 0 Å². The summed E-state index contributed by atoms with van der Waals surface area (Å²) in [5, 5.41) is 0. The van der Waals surface area contributed by atoms with Gasteiger partial charge in [0, 0.05) is 0 Å². The molecule has 0 amide bonds. The summed E-state index contributed by atoms with van der Waals surface area (Å²) >= 11 is -1.73. The minimum atomic E-state index is -1.73. The van der Waals surface area contributed by atoms with Gasteiger partial charge in [-0.1, -0.05) is 0 Å². The molecule has 0 unspecified atom stereocenters. The maximum absolute atomic E-state index is 3.67. The fourth-order valence-electron chi connectivity index (χ4n) is 1.57. The molecule has 0 aliphatic rings. The van der Waals surface area contributed by atoms with Crippen LogP contribution in [0, 0.1) is 9.51 Å². The number of benzene rings is 2. The van der Waals surface area contributed by atoms with Crippen LogP contribution in [0.2, 0.25) is 19.6 Å². The van der Waals surface area contributed by atoms with Gasteiger partial charge in [0.05, 0.1) is 0 Å². The zero-order chi connectivity index (χ0) is 13.7. The van der Waals surface area contributed by atoms with E-state index in [2.05, 4.69) is 89.8 Å². The topological polar surface area (TPSA) is 0 Å². The third-order valence-corrected chi connectivity index (χ3v) is 9.04. The molecule has 2 aromatic rings. The van der Waals surface area contributed by atoms with Gasteiger partial charge in [-0.25, -0.2) is 0 Å². The Hall–Kier alpha value is -0.994. The summed E-state index contributed by atoms with van der Waals surface area (Å²) < 4.78 is 6.57. The van der Waals surface area contributed by atoms with Crippen LogP contribution in [0.25, 0.3) is 0 Å². The van der Waals surface area contributed by atoms with Crippen molar-refractivity contribution >= 4 is 34.8 Å². The average molecular weight is 379 g/mol. The van der Waals surface area contributed by atoms with Gasteiger partial charge in [0.2, 0.25) is 0 Å². The van der Waals surface area contributed by atoms with Crippen LogP contribution in [0.4, 0.5) is 0 Å². The summed E-state index contributed by atoms with van der Waals surface area (Å²) in [4.78, 5) is 0. The molecule has 0 aliphatic heterocycles. The molecular weight excluding hydrogens is 360 g/mol. The van der Waals surface area contributed by atoms with E-state index >= 15 is 0 Å². The van der Waals surface area contributed by atoms with E-state index in [9.17, 15) is 0 Å². The molecule has 2 aromatic carbocycles. The van der Waals surface area contributed by atoms with Gasteiger partial charge in [0.1, 0.15) is 0 Å². The molecule has 0 nitrogen and oxygen atoms in total. The van der Waals surface area contributed by atoms with Gasteiger partial charge >= 0.3 is 125 Å². The molecule has 0 aromatic heterocycles. The third-order valence-electron chi connectivity index (χ3n) is 2.49. The van der Waals surface area contributed by atoms with Crippen molar-refractivity contribution in [2.24, 2.45) is 0 Å². The van der Waals surface area contributed by atoms with Crippen LogP contribution in [0.5, 0.6) is 0 Å². The van der Waals surface area contributed by atoms with Gasteiger partial charge in [0.15, 0.2) is 0 Å². The van der Waals surface area contributed by atoms with Crippen LogP contribution in [0.1, 0.15) is 0 Å². The molecular formula is C17H19SiTe+. The van der Waals surface area contributed by atoms with E-state index in [1.54, 1.807) is 0 Å². The Morgan fingerprint density at radius 1 is 0.737 bits per heavy atom. The van der Waals surface area contributed by atoms with E-state index in [1.807, 2.05) is 0 Å². The van der Waals surface area contributed by atoms with Crippen molar-refractivity contribution in [3.8, 4) is 9.51 Å². The Bertz CT molecular complexity index is 534. The molecule has 0 saturated heterocycles. The van der Waals surface area contributed by atoms with Crippen LogP contribution in [0.15, 0.2) is 60.7 Å². The molecule has 2 heteroatoms. The van der Waals surface area contributed by atoms with Crippen molar-refractivity contribution in [1.29, 1.82) is 0 Å². The van der Waals surface area contributed by atoms with E-state index in [-0.39, 0.29) is 0 Å². The van der Waals surface area contributed by atoms with Crippen molar-refractivity contribution in [1.82, 2.24) is 0 Å². The predicted octanol–water partition coefficient (Wildman–Crippen LogP) is 2.72. The maximum atomic E-state index is 3.67. The monoisotopic (exact) mass is 381 g/mol. The Morgan fingerprint density at radius 2 is 1.16 bits per heavy atom. The first-order valence-corrected chi connectivity index (χ1v) is 13.4. The second-order valence-electron chi connectivity index (χ2n) is 5.41. The molecule has 96 valence electrons. The number of rotatable bonds is 2. The fourth-order valence-corrected chi connectivity index (χ4v) is 9.38. The van der Waals surface area contributed by atoms with Crippen molar-refractivity contribution < 1.29 is 0 Å². The molecule has 0 saturated carbocycles. The van der Waals surface area contributed by atoms with Crippen LogP contribution in [0.3, 0.4) is 0 Å². The quantitative estimate of drug-likeness (QED) is 0.556. The molecule has 0 spiro atoms. The first-order valence-electron chi connectivity index (χ1n) is 6.43. The van der Waals surface area contributed by atoms with Crippen LogP contribution in [-0.2, 0) is 0 Å². The summed E-state index contributed by atoms with van der Waals surface area (Å²) in [5.74, 6) is 0. The van der Waals surface area contributed by atoms with Gasteiger partial charge in [-0.2, -0.15) is 0 Å². The molecule has 2 rings (SSSR count). The summed E-state index contributed by atoms with van der Waals surface area (Å²) in [6.07, 6.45) is 0. The Balaban J connectivity index is 2.42. The SMILES string of the molecule is C[Si](C)(C)C#C[Te+](c1ccccc1)c1ccccc1. The van der Waals surface area contributed by atoms with Crippen LogP contribution >= 0.6 is 0 Å². The zero-order valence-corrected chi connectivity index (χ0v) is 15.0. The Morgan fingerprint density at radius 3 is 1.53 bits per heavy atom. The fraction of sp³-hybridized carbons (Fsp3) is 0.176. The summed E-state index contributed by atoms with van der Waals surface area (Å²) in [5.41, 5.74) is 3.58. The molecule has 0 bridgehead atoms. The average Bonchev–Trinajstić information content (AvgIpc) is 2.40. The van der Waals surface area contributed by atoms with Gasteiger partial charge in [-0.15, -0.1) is 0 Å². The predicted molar refractivity (Wildman–Crippen MR) is 89.0 cm³/mol. The number of hydrogen-bond acceptors (Lipinski definition) is 0. The Labute approximate surface area is 124 Å². The second-order valence-corrected chi connectivity index (χ2v) is 15.2. The summed E-state index contributed by atoms with van der Waals surface area (Å²) in [6, 6.07) is 21.6. The van der Waals surface area contributed by atoms with Gasteiger partial charge in [-0.3, -0.25) is 0 Å². The van der Waals surface area contributed by atoms with E-state index in [0.717, 1.165) is 0 Å². The normalized spacial score (nSPS) is 10.9. The zero-order valence-electron chi connectivity index (χ0n) is 11.7. The molecule has 0 heterocycles. The van der Waals surface area contributed by atoms with E-state index in [4.69, 9.17) is 0 Å². The Kier molecular flexibility index (Phi) is 4.89. The first kappa shape index (κ1) is 14.4. The van der Waals surface area contributed by atoms with E-state index < -0.39 is 27.6 Å². The second kappa shape index (κ2) is 6.44. The van der Waals surface area contributed by atoms with Gasteiger partial charge < -0.3 is 0 Å². The van der Waals surface area contributed by atoms with Crippen LogP contribution in [-0.4, -0.2) is 27.6 Å². The van der Waals surface area contributed by atoms with Crippen molar-refractivity contribution in [2.75, 3.05) is 0 Å². The molecule has 0 radical (unpaired) electrons. The van der Waals surface area contributed by atoms with Gasteiger partial charge in [-0.05, 0) is 0 Å². The molecule has 0 atom stereocenters. The molecule has 0 N–H and O–H groups in total. The molecule has 0 aliphatic carbocycles. The number of hydrogen-bond donors (Lipinski definition) is 0. The summed E-state index contributed by atoms with van der Waals surface area (Å²) in [7, 11) is -1.30. The molecule has 19 heavy (non-hydrogen) atoms. The minimum absolute atomic E-state index is 1.30. The van der Waals surface area contributed by atoms with Crippen molar-refractivity contribution in [2.45, 2.75) is 19.6 Å². The first-order chi connectivity index (χ1) is 9.06. The summed E-state index contributed by atoms with van der Waals surface area (Å²) in [6.45, 7) is 6.94. The van der Waals surface area contributed by atoms with Crippen molar-refractivity contribution in [3.63, 3.8) is 0 Å². The standard InChI is InChI=1S/C17H19SiTe/c1-18(2,3)14-15-19(16-10-6-4-7-11-16)17-12-8-5-9-13-17/h4-13H,1-3H3/q+1.